The number of amides is 1. The van der Waals surface area contributed by atoms with E-state index in [0.29, 0.717) is 16.1 Å². The first kappa shape index (κ1) is 22.0. The Kier molecular flexibility index (Phi) is 5.76. The Morgan fingerprint density at radius 3 is 2.63 bits per heavy atom. The summed E-state index contributed by atoms with van der Waals surface area (Å²) >= 11 is 1.43. The quantitative estimate of drug-likeness (QED) is 0.734. The largest absolute Gasteiger partial charge is 0.452 e. The first-order valence-corrected chi connectivity index (χ1v) is 10.7. The first-order valence-electron chi connectivity index (χ1n) is 9.91. The Hall–Kier alpha value is -2.69. The maximum Gasteiger partial charge on any atom is 0.338 e. The number of rotatable bonds is 4. The van der Waals surface area contributed by atoms with E-state index in [2.05, 4.69) is 44.4 Å². The fourth-order valence-electron chi connectivity index (χ4n) is 4.24. The number of quaternary nitrogens is 1. The minimum atomic E-state index is -0.533. The number of esters is 1. The van der Waals surface area contributed by atoms with Gasteiger partial charge >= 0.3 is 5.97 Å². The van der Waals surface area contributed by atoms with Crippen LogP contribution in [-0.2, 0) is 21.5 Å². The van der Waals surface area contributed by atoms with Gasteiger partial charge in [-0.05, 0) is 58.7 Å². The lowest BCUT2D eigenvalue weighted by Gasteiger charge is -2.38. The van der Waals surface area contributed by atoms with Crippen molar-refractivity contribution in [2.45, 2.75) is 59.0 Å². The summed E-state index contributed by atoms with van der Waals surface area (Å²) in [7, 11) is 0. The monoisotopic (exact) mass is 426 g/mol. The van der Waals surface area contributed by atoms with Gasteiger partial charge in [0, 0.05) is 6.42 Å². The van der Waals surface area contributed by atoms with Crippen molar-refractivity contribution in [2.75, 3.05) is 11.9 Å². The molecule has 1 aliphatic heterocycles. The molecule has 1 amide bonds. The van der Waals surface area contributed by atoms with Crippen LogP contribution in [0, 0.1) is 25.2 Å². The molecule has 0 saturated heterocycles. The van der Waals surface area contributed by atoms with E-state index in [1.807, 2.05) is 26.0 Å². The maximum atomic E-state index is 12.5. The van der Waals surface area contributed by atoms with Crippen LogP contribution in [0.15, 0.2) is 18.2 Å². The van der Waals surface area contributed by atoms with E-state index in [1.54, 1.807) is 6.07 Å². The fraction of sp³-hybridized carbons (Fsp3) is 0.435. The number of hydrogen-bond donors (Lipinski definition) is 2. The van der Waals surface area contributed by atoms with E-state index >= 15 is 0 Å². The zero-order valence-corrected chi connectivity index (χ0v) is 19.1. The Morgan fingerprint density at radius 1 is 1.27 bits per heavy atom. The van der Waals surface area contributed by atoms with Crippen molar-refractivity contribution >= 4 is 28.2 Å². The predicted molar refractivity (Wildman–Crippen MR) is 117 cm³/mol. The SMILES string of the molecule is Cc1ccc(C)c(C(=O)OCC(=O)Nc2sc3c(c2C#N)CC(C)(C)[NH2+]C3(C)C)c1. The highest BCUT2D eigenvalue weighted by atomic mass is 32.1. The number of anilines is 1. The van der Waals surface area contributed by atoms with Crippen molar-refractivity contribution in [2.24, 2.45) is 0 Å². The number of carbonyl (C=O) groups excluding carboxylic acids is 2. The van der Waals surface area contributed by atoms with Crippen LogP contribution in [-0.4, -0.2) is 24.0 Å². The highest BCUT2D eigenvalue weighted by Crippen LogP contribution is 2.41. The molecule has 0 spiro atoms. The average molecular weight is 427 g/mol. The fourth-order valence-corrected chi connectivity index (χ4v) is 5.50. The van der Waals surface area contributed by atoms with Gasteiger partial charge in [-0.15, -0.1) is 11.3 Å². The van der Waals surface area contributed by atoms with Gasteiger partial charge in [0.15, 0.2) is 6.61 Å². The summed E-state index contributed by atoms with van der Waals surface area (Å²) in [6.07, 6.45) is 0.753. The topological polar surface area (TPSA) is 95.8 Å². The molecule has 0 aliphatic carbocycles. The standard InChI is InChI=1S/C23H27N3O3S/c1-13-7-8-14(2)15(9-13)21(28)29-12-18(27)25-20-17(11-24)16-10-22(3,4)26-23(5,6)19(16)30-20/h7-9,26H,10,12H2,1-6H3,(H,25,27)/p+1. The lowest BCUT2D eigenvalue weighted by atomic mass is 9.81. The molecular formula is C23H28N3O3S+. The third kappa shape index (κ3) is 4.40. The van der Waals surface area contributed by atoms with Gasteiger partial charge in [-0.25, -0.2) is 4.79 Å². The van der Waals surface area contributed by atoms with Crippen LogP contribution < -0.4 is 10.6 Å². The van der Waals surface area contributed by atoms with E-state index in [9.17, 15) is 14.9 Å². The molecule has 0 saturated carbocycles. The van der Waals surface area contributed by atoms with Crippen molar-refractivity contribution in [3.63, 3.8) is 0 Å². The van der Waals surface area contributed by atoms with Crippen molar-refractivity contribution in [1.82, 2.24) is 0 Å². The van der Waals surface area contributed by atoms with Crippen LogP contribution in [0.25, 0.3) is 0 Å². The summed E-state index contributed by atoms with van der Waals surface area (Å²) in [5, 5.41) is 15.4. The number of fused-ring (bicyclic) bond motifs is 1. The first-order chi connectivity index (χ1) is 13.9. The van der Waals surface area contributed by atoms with Crippen molar-refractivity contribution in [3.8, 4) is 6.07 Å². The van der Waals surface area contributed by atoms with Gasteiger partial charge < -0.3 is 15.4 Å². The van der Waals surface area contributed by atoms with E-state index in [1.165, 1.54) is 11.3 Å². The summed E-state index contributed by atoms with van der Waals surface area (Å²) in [5.74, 6) is -0.986. The number of nitrogens with one attached hydrogen (secondary N) is 1. The summed E-state index contributed by atoms with van der Waals surface area (Å²) in [6, 6.07) is 7.78. The molecule has 0 bridgehead atoms. The molecule has 7 heteroatoms. The minimum Gasteiger partial charge on any atom is -0.452 e. The summed E-state index contributed by atoms with van der Waals surface area (Å²) < 4.78 is 5.21. The molecule has 1 aliphatic rings. The molecule has 2 heterocycles. The molecule has 6 nitrogen and oxygen atoms in total. The molecule has 30 heavy (non-hydrogen) atoms. The smallest absolute Gasteiger partial charge is 0.338 e. The molecule has 0 radical (unpaired) electrons. The maximum absolute atomic E-state index is 12.5. The highest BCUT2D eigenvalue weighted by molar-refractivity contribution is 7.16. The van der Waals surface area contributed by atoms with Crippen LogP contribution >= 0.6 is 11.3 Å². The number of thiophene rings is 1. The van der Waals surface area contributed by atoms with E-state index in [4.69, 9.17) is 4.74 Å². The van der Waals surface area contributed by atoms with E-state index < -0.39 is 18.5 Å². The van der Waals surface area contributed by atoms with Crippen molar-refractivity contribution in [3.05, 3.63) is 50.9 Å². The molecule has 1 aromatic heterocycles. The molecule has 158 valence electrons. The molecule has 2 aromatic rings. The van der Waals surface area contributed by atoms with Gasteiger partial charge in [0.25, 0.3) is 5.91 Å². The lowest BCUT2D eigenvalue weighted by Crippen LogP contribution is -3.03. The zero-order chi connectivity index (χ0) is 22.3. The molecule has 0 atom stereocenters. The minimum absolute atomic E-state index is 0.0361. The number of carbonyl (C=O) groups is 2. The Labute approximate surface area is 181 Å². The van der Waals surface area contributed by atoms with Crippen LogP contribution in [0.5, 0.6) is 0 Å². The Balaban J connectivity index is 1.75. The molecule has 3 rings (SSSR count). The normalized spacial score (nSPS) is 16.3. The summed E-state index contributed by atoms with van der Waals surface area (Å²) in [6.45, 7) is 11.9. The lowest BCUT2D eigenvalue weighted by molar-refractivity contribution is -0.789. The van der Waals surface area contributed by atoms with Crippen LogP contribution in [0.1, 0.15) is 65.2 Å². The van der Waals surface area contributed by atoms with Gasteiger partial charge in [0.2, 0.25) is 0 Å². The number of aryl methyl sites for hydroxylation is 2. The second-order valence-electron chi connectivity index (χ2n) is 9.20. The second-order valence-corrected chi connectivity index (χ2v) is 10.2. The van der Waals surface area contributed by atoms with Crippen LogP contribution in [0.3, 0.4) is 0 Å². The van der Waals surface area contributed by atoms with Gasteiger partial charge in [0.1, 0.15) is 16.6 Å². The van der Waals surface area contributed by atoms with Gasteiger partial charge in [-0.2, -0.15) is 5.26 Å². The molecule has 0 fully saturated rings. The molecule has 3 N–H and O–H groups in total. The third-order valence-corrected chi connectivity index (χ3v) is 6.78. The van der Waals surface area contributed by atoms with E-state index in [-0.39, 0.29) is 11.1 Å². The summed E-state index contributed by atoms with van der Waals surface area (Å²) in [4.78, 5) is 25.9. The Bertz CT molecular complexity index is 1060. The average Bonchev–Trinajstić information content (AvgIpc) is 2.97. The number of nitriles is 1. The van der Waals surface area contributed by atoms with E-state index in [0.717, 1.165) is 28.0 Å². The van der Waals surface area contributed by atoms with Crippen molar-refractivity contribution < 1.29 is 19.6 Å². The summed E-state index contributed by atoms with van der Waals surface area (Å²) in [5.41, 5.74) is 3.48. The van der Waals surface area contributed by atoms with Crippen molar-refractivity contribution in [1.29, 1.82) is 5.26 Å². The number of hydrogen-bond acceptors (Lipinski definition) is 5. The predicted octanol–water partition coefficient (Wildman–Crippen LogP) is 3.17. The molecular weight excluding hydrogens is 398 g/mol. The van der Waals surface area contributed by atoms with Gasteiger partial charge in [-0.3, -0.25) is 4.79 Å². The van der Waals surface area contributed by atoms with Gasteiger partial charge in [-0.1, -0.05) is 17.7 Å². The van der Waals surface area contributed by atoms with Gasteiger partial charge in [0.05, 0.1) is 21.5 Å². The molecule has 1 aromatic carbocycles. The highest BCUT2D eigenvalue weighted by Gasteiger charge is 2.44. The third-order valence-electron chi connectivity index (χ3n) is 5.29. The van der Waals surface area contributed by atoms with Crippen LogP contribution in [0.2, 0.25) is 0 Å². The number of nitrogens with two attached hydrogens (primary N) is 1. The van der Waals surface area contributed by atoms with Crippen LogP contribution in [0.4, 0.5) is 5.00 Å². The number of benzene rings is 1. The Morgan fingerprint density at radius 2 is 1.97 bits per heavy atom. The molecule has 0 unspecified atom stereocenters. The zero-order valence-electron chi connectivity index (χ0n) is 18.3. The number of nitrogens with zero attached hydrogens (tertiary/aromatic N) is 1. The number of ether oxygens (including phenoxy) is 1. The second kappa shape index (κ2) is 7.86.